The van der Waals surface area contributed by atoms with Gasteiger partial charge in [-0.3, -0.25) is 19.5 Å². The molecule has 176 valence electrons. The maximum atomic E-state index is 13.0. The van der Waals surface area contributed by atoms with Crippen LogP contribution in [0.2, 0.25) is 0 Å². The van der Waals surface area contributed by atoms with Crippen molar-refractivity contribution in [1.29, 1.82) is 0 Å². The average Bonchev–Trinajstić information content (AvgIpc) is 3.12. The smallest absolute Gasteiger partial charge is 0.335 e. The Bertz CT molecular complexity index is 1330. The number of para-hydroxylation sites is 1. The van der Waals surface area contributed by atoms with Crippen molar-refractivity contribution in [3.8, 4) is 0 Å². The summed E-state index contributed by atoms with van der Waals surface area (Å²) in [5.41, 5.74) is 3.55. The molecule has 7 heteroatoms. The Morgan fingerprint density at radius 1 is 1.03 bits per heavy atom. The predicted octanol–water partition coefficient (Wildman–Crippen LogP) is 4.38. The van der Waals surface area contributed by atoms with E-state index in [1.54, 1.807) is 30.5 Å². The summed E-state index contributed by atoms with van der Waals surface area (Å²) in [4.78, 5) is 43.1. The van der Waals surface area contributed by atoms with Crippen LogP contribution in [0.4, 0.5) is 5.69 Å². The van der Waals surface area contributed by atoms with Crippen LogP contribution in [0.3, 0.4) is 0 Å². The Kier molecular flexibility index (Phi) is 6.14. The summed E-state index contributed by atoms with van der Waals surface area (Å²) in [6, 6.07) is 16.4. The molecule has 2 atom stereocenters. The third-order valence-corrected chi connectivity index (χ3v) is 6.60. The molecule has 7 nitrogen and oxygen atoms in total. The minimum absolute atomic E-state index is 0.121. The van der Waals surface area contributed by atoms with Gasteiger partial charge in [0.15, 0.2) is 0 Å². The van der Waals surface area contributed by atoms with E-state index in [9.17, 15) is 19.5 Å². The number of hydrogen-bond acceptors (Lipinski definition) is 5. The van der Waals surface area contributed by atoms with E-state index in [0.717, 1.165) is 27.7 Å². The molecule has 0 spiro atoms. The Labute approximate surface area is 202 Å². The van der Waals surface area contributed by atoms with Crippen molar-refractivity contribution in [3.63, 3.8) is 0 Å². The highest BCUT2D eigenvalue weighted by Gasteiger charge is 2.47. The number of carbonyl (C=O) groups is 3. The molecular formula is C28H25N3O4. The van der Waals surface area contributed by atoms with Crippen LogP contribution in [0.5, 0.6) is 0 Å². The summed E-state index contributed by atoms with van der Waals surface area (Å²) in [5.74, 6) is -1.79. The van der Waals surface area contributed by atoms with Crippen LogP contribution in [0, 0.1) is 11.8 Å². The normalized spacial score (nSPS) is 19.8. The molecule has 0 saturated carbocycles. The first-order chi connectivity index (χ1) is 17.0. The number of nitrogens with zero attached hydrogens (tertiary/aromatic N) is 2. The predicted molar refractivity (Wildman–Crippen MR) is 134 cm³/mol. The van der Waals surface area contributed by atoms with E-state index in [1.807, 2.05) is 48.6 Å². The molecule has 5 rings (SSSR count). The Hall–Kier alpha value is -4.26. The van der Waals surface area contributed by atoms with Crippen molar-refractivity contribution in [2.75, 3.05) is 18.4 Å². The number of hydrogen-bond donors (Lipinski definition) is 2. The highest BCUT2D eigenvalue weighted by molar-refractivity contribution is 6.05. The van der Waals surface area contributed by atoms with Gasteiger partial charge in [-0.05, 0) is 48.2 Å². The summed E-state index contributed by atoms with van der Waals surface area (Å²) in [6.07, 6.45) is 8.81. The lowest BCUT2D eigenvalue weighted by atomic mass is 9.85. The fourth-order valence-electron chi connectivity index (χ4n) is 4.72. The Morgan fingerprint density at radius 3 is 2.40 bits per heavy atom. The third-order valence-electron chi connectivity index (χ3n) is 6.60. The Morgan fingerprint density at radius 2 is 1.71 bits per heavy atom. The van der Waals surface area contributed by atoms with Gasteiger partial charge in [0.1, 0.15) is 0 Å². The first-order valence-corrected chi connectivity index (χ1v) is 11.6. The number of carboxylic acid groups (broad SMARTS) is 1. The summed E-state index contributed by atoms with van der Waals surface area (Å²) >= 11 is 0. The molecule has 2 amide bonds. The molecular weight excluding hydrogens is 442 g/mol. The van der Waals surface area contributed by atoms with Gasteiger partial charge in [-0.25, -0.2) is 4.79 Å². The van der Waals surface area contributed by atoms with E-state index in [1.165, 1.54) is 4.90 Å². The van der Waals surface area contributed by atoms with Crippen LogP contribution in [-0.4, -0.2) is 45.9 Å². The minimum atomic E-state index is -0.990. The van der Waals surface area contributed by atoms with Crippen molar-refractivity contribution in [3.05, 3.63) is 89.6 Å². The van der Waals surface area contributed by atoms with E-state index in [4.69, 9.17) is 0 Å². The summed E-state index contributed by atoms with van der Waals surface area (Å²) in [6.45, 7) is 0.574. The highest BCUT2D eigenvalue weighted by atomic mass is 16.4. The molecule has 0 radical (unpaired) electrons. The first kappa shape index (κ1) is 22.5. The SMILES string of the molecule is O=C(O)c1ccc(/C=C(/CNc2cnc3ccccc3c2)CN2C(=O)C3CC=CCC3C2=O)cc1. The number of aromatic carboxylic acids is 1. The van der Waals surface area contributed by atoms with Gasteiger partial charge in [0.05, 0.1) is 41.3 Å². The molecule has 2 aliphatic rings. The minimum Gasteiger partial charge on any atom is -0.478 e. The molecule has 2 heterocycles. The second-order valence-corrected chi connectivity index (χ2v) is 8.92. The fourth-order valence-corrected chi connectivity index (χ4v) is 4.72. The lowest BCUT2D eigenvalue weighted by Gasteiger charge is -2.18. The summed E-state index contributed by atoms with van der Waals surface area (Å²) in [7, 11) is 0. The Balaban J connectivity index is 1.40. The number of allylic oxidation sites excluding steroid dienone is 2. The fraction of sp³-hybridized carbons (Fsp3) is 0.214. The van der Waals surface area contributed by atoms with Gasteiger partial charge in [0.2, 0.25) is 11.8 Å². The molecule has 1 fully saturated rings. The molecule has 2 unspecified atom stereocenters. The molecule has 1 aliphatic carbocycles. The number of amides is 2. The second kappa shape index (κ2) is 9.54. The van der Waals surface area contributed by atoms with Crippen LogP contribution in [0.25, 0.3) is 17.0 Å². The van der Waals surface area contributed by atoms with Crippen molar-refractivity contribution in [2.45, 2.75) is 12.8 Å². The lowest BCUT2D eigenvalue weighted by Crippen LogP contribution is -2.34. The maximum absolute atomic E-state index is 13.0. The van der Waals surface area contributed by atoms with E-state index >= 15 is 0 Å². The lowest BCUT2D eigenvalue weighted by molar-refractivity contribution is -0.139. The number of pyridine rings is 1. The van der Waals surface area contributed by atoms with Gasteiger partial charge in [0.25, 0.3) is 0 Å². The van der Waals surface area contributed by atoms with Gasteiger partial charge in [-0.1, -0.05) is 48.6 Å². The van der Waals surface area contributed by atoms with Crippen molar-refractivity contribution in [2.24, 2.45) is 11.8 Å². The largest absolute Gasteiger partial charge is 0.478 e. The maximum Gasteiger partial charge on any atom is 0.335 e. The first-order valence-electron chi connectivity index (χ1n) is 11.6. The molecule has 2 aromatic carbocycles. The quantitative estimate of drug-likeness (QED) is 0.395. The molecule has 1 saturated heterocycles. The molecule has 1 aliphatic heterocycles. The van der Waals surface area contributed by atoms with E-state index in [-0.39, 0.29) is 35.8 Å². The van der Waals surface area contributed by atoms with Crippen LogP contribution in [-0.2, 0) is 9.59 Å². The van der Waals surface area contributed by atoms with E-state index in [2.05, 4.69) is 10.3 Å². The number of carbonyl (C=O) groups excluding carboxylic acids is 2. The number of carboxylic acids is 1. The average molecular weight is 468 g/mol. The highest BCUT2D eigenvalue weighted by Crippen LogP contribution is 2.35. The van der Waals surface area contributed by atoms with Gasteiger partial charge < -0.3 is 10.4 Å². The van der Waals surface area contributed by atoms with Crippen molar-refractivity contribution in [1.82, 2.24) is 9.88 Å². The van der Waals surface area contributed by atoms with Gasteiger partial charge in [-0.2, -0.15) is 0 Å². The standard InChI is InChI=1S/C28H25N3O4/c32-26-23-6-2-3-7-24(23)27(33)31(26)17-19(13-18-9-11-20(12-10-18)28(34)35)15-29-22-14-21-5-1-4-8-25(21)30-16-22/h1-5,8-14,16,23-24,29H,6-7,15,17H2,(H,34,35)/b19-13-. The number of nitrogens with one attached hydrogen (secondary N) is 1. The van der Waals surface area contributed by atoms with Crippen LogP contribution in [0.15, 0.2) is 78.5 Å². The third kappa shape index (κ3) is 4.71. The van der Waals surface area contributed by atoms with E-state index < -0.39 is 5.97 Å². The number of rotatable bonds is 7. The molecule has 3 aromatic rings. The zero-order valence-corrected chi connectivity index (χ0v) is 19.1. The summed E-state index contributed by atoms with van der Waals surface area (Å²) < 4.78 is 0. The van der Waals surface area contributed by atoms with Gasteiger partial charge in [0, 0.05) is 11.9 Å². The number of aromatic nitrogens is 1. The van der Waals surface area contributed by atoms with Crippen molar-refractivity contribution < 1.29 is 19.5 Å². The zero-order valence-electron chi connectivity index (χ0n) is 19.1. The number of likely N-dealkylation sites (tertiary alicyclic amines) is 1. The van der Waals surface area contributed by atoms with Crippen LogP contribution >= 0.6 is 0 Å². The number of imide groups is 1. The number of benzene rings is 2. The molecule has 1 aromatic heterocycles. The van der Waals surface area contributed by atoms with Crippen LogP contribution in [0.1, 0.15) is 28.8 Å². The molecule has 0 bridgehead atoms. The number of fused-ring (bicyclic) bond motifs is 2. The van der Waals surface area contributed by atoms with Gasteiger partial charge in [-0.15, -0.1) is 0 Å². The summed E-state index contributed by atoms with van der Waals surface area (Å²) in [5, 5.41) is 13.5. The molecule has 2 N–H and O–H groups in total. The zero-order chi connectivity index (χ0) is 24.4. The van der Waals surface area contributed by atoms with Crippen molar-refractivity contribution >= 4 is 40.4 Å². The second-order valence-electron chi connectivity index (χ2n) is 8.92. The van der Waals surface area contributed by atoms with Crippen LogP contribution < -0.4 is 5.32 Å². The number of anilines is 1. The monoisotopic (exact) mass is 467 g/mol. The molecule has 35 heavy (non-hydrogen) atoms. The topological polar surface area (TPSA) is 99.6 Å². The van der Waals surface area contributed by atoms with Gasteiger partial charge >= 0.3 is 5.97 Å². The van der Waals surface area contributed by atoms with E-state index in [0.29, 0.717) is 19.4 Å².